The summed E-state index contributed by atoms with van der Waals surface area (Å²) in [5.41, 5.74) is 1.44. The molecule has 30 heavy (non-hydrogen) atoms. The molecule has 3 heterocycles. The average molecular weight is 428 g/mol. The Hall–Kier alpha value is -3.06. The van der Waals surface area contributed by atoms with Crippen LogP contribution in [0, 0.1) is 6.92 Å². The Bertz CT molecular complexity index is 1070. The van der Waals surface area contributed by atoms with Gasteiger partial charge in [0.2, 0.25) is 0 Å². The number of hydrogen-bond acceptors (Lipinski definition) is 5. The van der Waals surface area contributed by atoms with Gasteiger partial charge in [0.25, 0.3) is 11.8 Å². The van der Waals surface area contributed by atoms with E-state index in [0.29, 0.717) is 48.0 Å². The normalized spacial score (nSPS) is 14.7. The Labute approximate surface area is 179 Å². The molecule has 0 spiro atoms. The molecule has 8 heteroatoms. The van der Waals surface area contributed by atoms with Crippen LogP contribution in [0.5, 0.6) is 5.75 Å². The predicted molar refractivity (Wildman–Crippen MR) is 113 cm³/mol. The highest BCUT2D eigenvalue weighted by Crippen LogP contribution is 2.29. The van der Waals surface area contributed by atoms with Gasteiger partial charge >= 0.3 is 0 Å². The highest BCUT2D eigenvalue weighted by Gasteiger charge is 2.25. The molecule has 1 N–H and O–H groups in total. The first-order valence-electron chi connectivity index (χ1n) is 9.81. The predicted octanol–water partition coefficient (Wildman–Crippen LogP) is 3.59. The standard InChI is InChI=1S/C22H22ClN3O4/c1-14-8-12-29-21(14)22(28)25-15-6-10-26(11-7-15)19(27)13-30-18-5-4-17(23)16-3-2-9-24-20(16)18/h2-5,8-9,12,15H,6-7,10-11,13H2,1H3,(H,25,28). The summed E-state index contributed by atoms with van der Waals surface area (Å²) in [6.45, 7) is 2.88. The second kappa shape index (κ2) is 8.75. The number of fused-ring (bicyclic) bond motifs is 1. The Morgan fingerprint density at radius 3 is 2.80 bits per heavy atom. The second-order valence-corrected chi connectivity index (χ2v) is 7.70. The van der Waals surface area contributed by atoms with Gasteiger partial charge in [-0.2, -0.15) is 0 Å². The quantitative estimate of drug-likeness (QED) is 0.672. The van der Waals surface area contributed by atoms with Gasteiger partial charge in [-0.05, 0) is 50.1 Å². The minimum absolute atomic E-state index is 0.0105. The van der Waals surface area contributed by atoms with E-state index in [2.05, 4.69) is 10.3 Å². The van der Waals surface area contributed by atoms with Crippen LogP contribution in [0.25, 0.3) is 10.9 Å². The van der Waals surface area contributed by atoms with Gasteiger partial charge in [-0.25, -0.2) is 0 Å². The summed E-state index contributed by atoms with van der Waals surface area (Å²) < 4.78 is 11.0. The van der Waals surface area contributed by atoms with Gasteiger partial charge in [0.1, 0.15) is 11.3 Å². The van der Waals surface area contributed by atoms with Gasteiger partial charge in [-0.1, -0.05) is 11.6 Å². The van der Waals surface area contributed by atoms with Crippen LogP contribution in [0.15, 0.2) is 47.2 Å². The molecular formula is C22H22ClN3O4. The molecule has 0 bridgehead atoms. The SMILES string of the molecule is Cc1ccoc1C(=O)NC1CCN(C(=O)COc2ccc(Cl)c3cccnc23)CC1. The summed E-state index contributed by atoms with van der Waals surface area (Å²) in [6, 6.07) is 8.90. The molecule has 1 saturated heterocycles. The number of nitrogens with one attached hydrogen (secondary N) is 1. The molecule has 7 nitrogen and oxygen atoms in total. The van der Waals surface area contributed by atoms with E-state index < -0.39 is 0 Å². The van der Waals surface area contributed by atoms with Crippen molar-refractivity contribution in [2.75, 3.05) is 19.7 Å². The highest BCUT2D eigenvalue weighted by atomic mass is 35.5. The van der Waals surface area contributed by atoms with Crippen LogP contribution in [-0.2, 0) is 4.79 Å². The van der Waals surface area contributed by atoms with Crippen molar-refractivity contribution in [3.05, 3.63) is 59.1 Å². The summed E-state index contributed by atoms with van der Waals surface area (Å²) in [6.07, 6.45) is 4.53. The maximum absolute atomic E-state index is 12.6. The van der Waals surface area contributed by atoms with Gasteiger partial charge in [0, 0.05) is 36.3 Å². The molecule has 2 amide bonds. The number of halogens is 1. The van der Waals surface area contributed by atoms with Gasteiger partial charge in [-0.3, -0.25) is 14.6 Å². The van der Waals surface area contributed by atoms with Crippen molar-refractivity contribution in [2.45, 2.75) is 25.8 Å². The summed E-state index contributed by atoms with van der Waals surface area (Å²) in [7, 11) is 0. The molecule has 3 aromatic rings. The van der Waals surface area contributed by atoms with Crippen molar-refractivity contribution in [3.8, 4) is 5.75 Å². The maximum Gasteiger partial charge on any atom is 0.287 e. The Kier molecular flexibility index (Phi) is 5.90. The van der Waals surface area contributed by atoms with Crippen LogP contribution in [0.4, 0.5) is 0 Å². The van der Waals surface area contributed by atoms with E-state index in [4.69, 9.17) is 20.8 Å². The third kappa shape index (κ3) is 4.26. The molecule has 0 aliphatic carbocycles. The van der Waals surface area contributed by atoms with E-state index in [0.717, 1.165) is 10.9 Å². The minimum Gasteiger partial charge on any atom is -0.481 e. The molecule has 156 valence electrons. The summed E-state index contributed by atoms with van der Waals surface area (Å²) in [4.78, 5) is 30.9. The molecule has 4 rings (SSSR count). The molecule has 2 aromatic heterocycles. The fourth-order valence-corrected chi connectivity index (χ4v) is 3.80. The fourth-order valence-electron chi connectivity index (χ4n) is 3.59. The van der Waals surface area contributed by atoms with E-state index in [1.165, 1.54) is 6.26 Å². The zero-order valence-corrected chi connectivity index (χ0v) is 17.3. The van der Waals surface area contributed by atoms with Crippen LogP contribution in [0.3, 0.4) is 0 Å². The number of rotatable bonds is 5. The molecule has 1 aromatic carbocycles. The van der Waals surface area contributed by atoms with Gasteiger partial charge < -0.3 is 19.4 Å². The van der Waals surface area contributed by atoms with Crippen molar-refractivity contribution in [1.82, 2.24) is 15.2 Å². The average Bonchev–Trinajstić information content (AvgIpc) is 3.20. The molecule has 0 saturated carbocycles. The summed E-state index contributed by atoms with van der Waals surface area (Å²) in [5.74, 6) is 0.554. The molecule has 0 atom stereocenters. The van der Waals surface area contributed by atoms with Crippen LogP contribution in [0.1, 0.15) is 29.0 Å². The smallest absolute Gasteiger partial charge is 0.287 e. The Morgan fingerprint density at radius 1 is 1.27 bits per heavy atom. The topological polar surface area (TPSA) is 84.7 Å². The van der Waals surface area contributed by atoms with Crippen LogP contribution in [-0.4, -0.2) is 47.4 Å². The monoisotopic (exact) mass is 427 g/mol. The lowest BCUT2D eigenvalue weighted by Crippen LogP contribution is -2.47. The molecule has 0 unspecified atom stereocenters. The van der Waals surface area contributed by atoms with E-state index in [-0.39, 0.29) is 24.5 Å². The number of amides is 2. The number of likely N-dealkylation sites (tertiary alicyclic amines) is 1. The highest BCUT2D eigenvalue weighted by molar-refractivity contribution is 6.35. The van der Waals surface area contributed by atoms with Gasteiger partial charge in [0.15, 0.2) is 12.4 Å². The first kappa shape index (κ1) is 20.2. The molecule has 1 aliphatic heterocycles. The van der Waals surface area contributed by atoms with Gasteiger partial charge in [0.05, 0.1) is 11.3 Å². The van der Waals surface area contributed by atoms with Crippen LogP contribution in [0.2, 0.25) is 5.02 Å². The van der Waals surface area contributed by atoms with Gasteiger partial charge in [-0.15, -0.1) is 0 Å². The number of carbonyl (C=O) groups is 2. The first-order chi connectivity index (χ1) is 14.5. The number of nitrogens with zero attached hydrogens (tertiary/aromatic N) is 2. The molecular weight excluding hydrogens is 406 g/mol. The number of aryl methyl sites for hydroxylation is 1. The largest absolute Gasteiger partial charge is 0.481 e. The van der Waals surface area contributed by atoms with Crippen molar-refractivity contribution in [3.63, 3.8) is 0 Å². The third-order valence-electron chi connectivity index (χ3n) is 5.28. The zero-order chi connectivity index (χ0) is 21.1. The van der Waals surface area contributed by atoms with Crippen molar-refractivity contribution >= 4 is 34.3 Å². The van der Waals surface area contributed by atoms with Crippen LogP contribution < -0.4 is 10.1 Å². The van der Waals surface area contributed by atoms with E-state index in [9.17, 15) is 9.59 Å². The fraction of sp³-hybridized carbons (Fsp3) is 0.318. The van der Waals surface area contributed by atoms with Crippen LogP contribution >= 0.6 is 11.6 Å². The second-order valence-electron chi connectivity index (χ2n) is 7.30. The maximum atomic E-state index is 12.6. The van der Waals surface area contributed by atoms with E-state index in [1.54, 1.807) is 35.4 Å². The number of piperidine rings is 1. The number of hydrogen-bond donors (Lipinski definition) is 1. The lowest BCUT2D eigenvalue weighted by Gasteiger charge is -2.32. The number of aromatic nitrogens is 1. The number of ether oxygens (including phenoxy) is 1. The number of benzene rings is 1. The molecule has 1 fully saturated rings. The zero-order valence-electron chi connectivity index (χ0n) is 16.6. The number of furan rings is 1. The Morgan fingerprint density at radius 2 is 2.07 bits per heavy atom. The lowest BCUT2D eigenvalue weighted by molar-refractivity contribution is -0.134. The molecule has 1 aliphatic rings. The molecule has 0 radical (unpaired) electrons. The first-order valence-corrected chi connectivity index (χ1v) is 10.2. The summed E-state index contributed by atoms with van der Waals surface area (Å²) in [5, 5.41) is 4.36. The van der Waals surface area contributed by atoms with E-state index >= 15 is 0 Å². The van der Waals surface area contributed by atoms with Crippen molar-refractivity contribution < 1.29 is 18.7 Å². The van der Waals surface area contributed by atoms with Crippen molar-refractivity contribution in [2.24, 2.45) is 0 Å². The minimum atomic E-state index is -0.215. The summed E-state index contributed by atoms with van der Waals surface area (Å²) >= 11 is 6.20. The number of pyridine rings is 1. The van der Waals surface area contributed by atoms with E-state index in [1.807, 2.05) is 13.0 Å². The van der Waals surface area contributed by atoms with Crippen molar-refractivity contribution in [1.29, 1.82) is 0 Å². The number of carbonyl (C=O) groups excluding carboxylic acids is 2. The third-order valence-corrected chi connectivity index (χ3v) is 5.61. The lowest BCUT2D eigenvalue weighted by atomic mass is 10.0. The Balaban J connectivity index is 1.29.